The number of allylic oxidation sites excluding steroid dienone is 3. The highest BCUT2D eigenvalue weighted by Gasteiger charge is 2.50. The number of halogens is 1. The van der Waals surface area contributed by atoms with Crippen molar-refractivity contribution >= 4 is 23.5 Å². The number of carbonyl (C=O) groups excluding carboxylic acids is 2. The number of pyridine rings is 1. The molecule has 1 N–H and O–H groups in total. The zero-order chi connectivity index (χ0) is 29.5. The molecular weight excluding hydrogens is 525 g/mol. The van der Waals surface area contributed by atoms with E-state index >= 15 is 0 Å². The van der Waals surface area contributed by atoms with Crippen LogP contribution in [0.25, 0.3) is 17.2 Å². The van der Waals surface area contributed by atoms with Crippen LogP contribution in [-0.4, -0.2) is 35.5 Å². The van der Waals surface area contributed by atoms with Gasteiger partial charge in [0.05, 0.1) is 5.69 Å². The summed E-state index contributed by atoms with van der Waals surface area (Å²) in [7, 11) is 0. The predicted octanol–water partition coefficient (Wildman–Crippen LogP) is 7.44. The zero-order valence-electron chi connectivity index (χ0n) is 24.9. The molecule has 3 aliphatic carbocycles. The minimum atomic E-state index is -0.331. The van der Waals surface area contributed by atoms with Crippen LogP contribution in [0.5, 0.6) is 0 Å². The Morgan fingerprint density at radius 3 is 2.57 bits per heavy atom. The van der Waals surface area contributed by atoms with Crippen LogP contribution in [0.3, 0.4) is 0 Å². The number of hydrogen-bond donors (Lipinski definition) is 1. The lowest BCUT2D eigenvalue weighted by Gasteiger charge is -2.35. The van der Waals surface area contributed by atoms with Gasteiger partial charge < -0.3 is 5.32 Å². The molecule has 218 valence electrons. The summed E-state index contributed by atoms with van der Waals surface area (Å²) in [4.78, 5) is 37.0. The molecule has 1 unspecified atom stereocenters. The van der Waals surface area contributed by atoms with E-state index in [1.807, 2.05) is 24.3 Å². The van der Waals surface area contributed by atoms with Crippen molar-refractivity contribution in [3.8, 4) is 11.1 Å². The van der Waals surface area contributed by atoms with Crippen LogP contribution in [0.2, 0.25) is 0 Å². The molecule has 0 radical (unpaired) electrons. The first-order chi connectivity index (χ1) is 20.1. The standard InChI is InChI=1S/C36H40FN3O2/c1-35(2,3)22-40-34(42)33-32-23(14-17-38-33)6-4-8-25-19-36(15-16-36)20-30(41)31(25)29(32)13-12-28-11-10-26(21-39-28)24-7-5-9-27(37)18-24/h5,7,9-13,18,21,29H,4,6,8,14-17,19-20,22H2,1-3H3,(H,40,42). The lowest BCUT2D eigenvalue weighted by molar-refractivity contribution is -0.118. The molecule has 6 rings (SSSR count). The number of Topliss-reactive ketones (excluding diaryl/α,β-unsaturated/α-hetero) is 1. The highest BCUT2D eigenvalue weighted by Crippen LogP contribution is 2.58. The van der Waals surface area contributed by atoms with Gasteiger partial charge in [-0.05, 0) is 91.2 Å². The number of hydrogen-bond acceptors (Lipinski definition) is 4. The number of carbonyl (C=O) groups is 2. The normalized spacial score (nSPS) is 22.0. The third-order valence-corrected chi connectivity index (χ3v) is 9.06. The average Bonchev–Trinajstić information content (AvgIpc) is 3.69. The van der Waals surface area contributed by atoms with Crippen molar-refractivity contribution in [3.63, 3.8) is 0 Å². The molecular formula is C36H40FN3O2. The van der Waals surface area contributed by atoms with E-state index in [1.54, 1.807) is 12.3 Å². The number of aromatic nitrogens is 1. The van der Waals surface area contributed by atoms with E-state index in [4.69, 9.17) is 4.99 Å². The van der Waals surface area contributed by atoms with Gasteiger partial charge in [0.15, 0.2) is 5.78 Å². The van der Waals surface area contributed by atoms with Gasteiger partial charge in [-0.2, -0.15) is 0 Å². The summed E-state index contributed by atoms with van der Waals surface area (Å²) in [6, 6.07) is 10.3. The summed E-state index contributed by atoms with van der Waals surface area (Å²) < 4.78 is 13.8. The number of aliphatic imine (C=N–C) groups is 1. The molecule has 1 fully saturated rings. The summed E-state index contributed by atoms with van der Waals surface area (Å²) in [6.45, 7) is 7.44. The summed E-state index contributed by atoms with van der Waals surface area (Å²) in [5.41, 5.74) is 7.28. The summed E-state index contributed by atoms with van der Waals surface area (Å²) >= 11 is 0. The molecule has 1 aromatic carbocycles. The lowest BCUT2D eigenvalue weighted by Crippen LogP contribution is -2.41. The van der Waals surface area contributed by atoms with E-state index in [1.165, 1.54) is 23.3 Å². The van der Waals surface area contributed by atoms with Gasteiger partial charge in [0.25, 0.3) is 5.91 Å². The number of dihydropyridines is 1. The smallest absolute Gasteiger partial charge is 0.269 e. The Bertz CT molecular complexity index is 1530. The molecule has 1 amide bonds. The molecule has 1 aromatic heterocycles. The minimum absolute atomic E-state index is 0.0562. The minimum Gasteiger partial charge on any atom is -0.350 e. The molecule has 2 aromatic rings. The number of nitrogens with one attached hydrogen (secondary N) is 1. The van der Waals surface area contributed by atoms with Gasteiger partial charge in [0.1, 0.15) is 11.5 Å². The van der Waals surface area contributed by atoms with Crippen LogP contribution < -0.4 is 5.32 Å². The van der Waals surface area contributed by atoms with Gasteiger partial charge in [0, 0.05) is 42.8 Å². The van der Waals surface area contributed by atoms with E-state index in [9.17, 15) is 14.0 Å². The van der Waals surface area contributed by atoms with Gasteiger partial charge in [-0.25, -0.2) is 4.39 Å². The average molecular weight is 566 g/mol. The highest BCUT2D eigenvalue weighted by molar-refractivity contribution is 6.46. The number of benzene rings is 1. The van der Waals surface area contributed by atoms with Crippen molar-refractivity contribution in [2.45, 2.75) is 72.1 Å². The maximum atomic E-state index is 13.9. The van der Waals surface area contributed by atoms with Crippen LogP contribution in [0.15, 0.2) is 76.0 Å². The van der Waals surface area contributed by atoms with Gasteiger partial charge in [0.2, 0.25) is 0 Å². The third kappa shape index (κ3) is 6.08. The second-order valence-electron chi connectivity index (χ2n) is 13.7. The molecule has 1 aliphatic heterocycles. The molecule has 1 atom stereocenters. The summed E-state index contributed by atoms with van der Waals surface area (Å²) in [6.07, 6.45) is 13.3. The van der Waals surface area contributed by atoms with Crippen LogP contribution >= 0.6 is 0 Å². The Balaban J connectivity index is 1.38. The molecule has 4 aliphatic rings. The van der Waals surface area contributed by atoms with Crippen LogP contribution in [0.4, 0.5) is 4.39 Å². The number of amides is 1. The van der Waals surface area contributed by atoms with Crippen molar-refractivity contribution in [2.75, 3.05) is 13.1 Å². The predicted molar refractivity (Wildman–Crippen MR) is 165 cm³/mol. The summed E-state index contributed by atoms with van der Waals surface area (Å²) in [5, 5.41) is 3.12. The van der Waals surface area contributed by atoms with Crippen molar-refractivity contribution in [1.29, 1.82) is 0 Å². The first-order valence-corrected chi connectivity index (χ1v) is 15.3. The molecule has 1 saturated carbocycles. The number of ketones is 1. The number of rotatable bonds is 5. The van der Waals surface area contributed by atoms with E-state index < -0.39 is 0 Å². The van der Waals surface area contributed by atoms with E-state index in [2.05, 4.69) is 37.1 Å². The SMILES string of the molecule is CC(C)(C)CNC(=O)C1=NCCC2=C1C(C=Cc1ccc(-c3cccc(F)c3)cn1)C1=C(CCC2)CC2(CC2)CC1=O. The fourth-order valence-electron chi connectivity index (χ4n) is 6.72. The maximum absolute atomic E-state index is 13.9. The quantitative estimate of drug-likeness (QED) is 0.409. The van der Waals surface area contributed by atoms with Gasteiger partial charge in [-0.1, -0.05) is 56.2 Å². The molecule has 1 spiro atoms. The van der Waals surface area contributed by atoms with Crippen LogP contribution in [0.1, 0.15) is 77.8 Å². The molecule has 42 heavy (non-hydrogen) atoms. The van der Waals surface area contributed by atoms with Crippen LogP contribution in [0, 0.1) is 22.6 Å². The zero-order valence-corrected chi connectivity index (χ0v) is 24.9. The Morgan fingerprint density at radius 2 is 1.86 bits per heavy atom. The van der Waals surface area contributed by atoms with Crippen molar-refractivity contribution in [3.05, 3.63) is 82.5 Å². The second kappa shape index (κ2) is 11.2. The summed E-state index contributed by atoms with van der Waals surface area (Å²) in [5.74, 6) is -0.539. The number of nitrogens with zero attached hydrogens (tertiary/aromatic N) is 2. The Morgan fingerprint density at radius 1 is 1.05 bits per heavy atom. The molecule has 6 heteroatoms. The third-order valence-electron chi connectivity index (χ3n) is 9.06. The second-order valence-corrected chi connectivity index (χ2v) is 13.7. The lowest BCUT2D eigenvalue weighted by atomic mass is 9.69. The fraction of sp³-hybridized carbons (Fsp3) is 0.444. The van der Waals surface area contributed by atoms with Crippen molar-refractivity contribution in [1.82, 2.24) is 10.3 Å². The van der Waals surface area contributed by atoms with E-state index in [0.717, 1.165) is 72.9 Å². The van der Waals surface area contributed by atoms with E-state index in [-0.39, 0.29) is 34.3 Å². The monoisotopic (exact) mass is 565 g/mol. The molecule has 2 heterocycles. The molecule has 0 saturated heterocycles. The van der Waals surface area contributed by atoms with Gasteiger partial charge in [-0.15, -0.1) is 0 Å². The Labute approximate surface area is 248 Å². The van der Waals surface area contributed by atoms with Crippen molar-refractivity contribution in [2.24, 2.45) is 21.7 Å². The highest BCUT2D eigenvalue weighted by atomic mass is 19.1. The van der Waals surface area contributed by atoms with Gasteiger partial charge in [-0.3, -0.25) is 19.6 Å². The first kappa shape index (κ1) is 28.4. The van der Waals surface area contributed by atoms with Crippen molar-refractivity contribution < 1.29 is 14.0 Å². The van der Waals surface area contributed by atoms with Crippen LogP contribution in [-0.2, 0) is 9.59 Å². The Hall–Kier alpha value is -3.67. The van der Waals surface area contributed by atoms with Gasteiger partial charge >= 0.3 is 0 Å². The maximum Gasteiger partial charge on any atom is 0.269 e. The van der Waals surface area contributed by atoms with E-state index in [0.29, 0.717) is 25.2 Å². The largest absolute Gasteiger partial charge is 0.350 e. The molecule has 0 bridgehead atoms. The Kier molecular flexibility index (Phi) is 7.59. The fourth-order valence-corrected chi connectivity index (χ4v) is 6.72. The molecule has 5 nitrogen and oxygen atoms in total. The first-order valence-electron chi connectivity index (χ1n) is 15.3. The topological polar surface area (TPSA) is 71.4 Å².